The van der Waals surface area contributed by atoms with Crippen LogP contribution in [-0.4, -0.2) is 16.3 Å². The van der Waals surface area contributed by atoms with Crippen molar-refractivity contribution in [3.8, 4) is 17.0 Å². The van der Waals surface area contributed by atoms with Crippen LogP contribution in [0.4, 0.5) is 32.2 Å². The van der Waals surface area contributed by atoms with Crippen molar-refractivity contribution >= 4 is 5.82 Å². The van der Waals surface area contributed by atoms with Gasteiger partial charge in [-0.3, -0.25) is 4.98 Å². The second-order valence-electron chi connectivity index (χ2n) is 5.88. The molecule has 0 saturated heterocycles. The molecule has 0 unspecified atom stereocenters. The SMILES string of the molecule is FC(F)(F)Oc1ccc(CNc2nccnc2-c2cccc(C(F)(F)F)c2)cc1. The molecule has 0 spiro atoms. The number of halogens is 6. The Morgan fingerprint density at radius 3 is 2.21 bits per heavy atom. The van der Waals surface area contributed by atoms with Gasteiger partial charge in [0.2, 0.25) is 0 Å². The molecule has 4 nitrogen and oxygen atoms in total. The van der Waals surface area contributed by atoms with E-state index >= 15 is 0 Å². The van der Waals surface area contributed by atoms with Gasteiger partial charge in [-0.25, -0.2) is 4.98 Å². The largest absolute Gasteiger partial charge is 0.573 e. The molecule has 0 fully saturated rings. The van der Waals surface area contributed by atoms with Crippen LogP contribution in [0.2, 0.25) is 0 Å². The van der Waals surface area contributed by atoms with Gasteiger partial charge in [0.05, 0.1) is 5.56 Å². The Bertz CT molecular complexity index is 971. The van der Waals surface area contributed by atoms with Crippen molar-refractivity contribution in [1.29, 1.82) is 0 Å². The van der Waals surface area contributed by atoms with Crippen LogP contribution in [0, 0.1) is 0 Å². The highest BCUT2D eigenvalue weighted by atomic mass is 19.4. The van der Waals surface area contributed by atoms with E-state index in [0.29, 0.717) is 5.56 Å². The number of hydrogen-bond donors (Lipinski definition) is 1. The molecule has 0 radical (unpaired) electrons. The summed E-state index contributed by atoms with van der Waals surface area (Å²) in [6.07, 6.45) is -6.55. The average Bonchev–Trinajstić information content (AvgIpc) is 2.66. The number of ether oxygens (including phenoxy) is 1. The summed E-state index contributed by atoms with van der Waals surface area (Å²) in [6.45, 7) is 0.164. The Morgan fingerprint density at radius 1 is 0.862 bits per heavy atom. The van der Waals surface area contributed by atoms with Crippen molar-refractivity contribution in [2.75, 3.05) is 5.32 Å². The number of benzene rings is 2. The number of hydrogen-bond acceptors (Lipinski definition) is 4. The second-order valence-corrected chi connectivity index (χ2v) is 5.88. The zero-order chi connectivity index (χ0) is 21.1. The van der Waals surface area contributed by atoms with Crippen molar-refractivity contribution in [1.82, 2.24) is 9.97 Å². The van der Waals surface area contributed by atoms with Gasteiger partial charge in [0.15, 0.2) is 5.82 Å². The molecule has 1 heterocycles. The molecule has 3 aromatic rings. The Balaban J connectivity index is 1.77. The van der Waals surface area contributed by atoms with E-state index in [1.165, 1.54) is 36.7 Å². The number of nitrogens with zero attached hydrogens (tertiary/aromatic N) is 2. The molecule has 0 saturated carbocycles. The summed E-state index contributed by atoms with van der Waals surface area (Å²) in [5.41, 5.74) is 0.243. The fourth-order valence-corrected chi connectivity index (χ4v) is 2.52. The Hall–Kier alpha value is -3.30. The van der Waals surface area contributed by atoms with Crippen molar-refractivity contribution in [3.63, 3.8) is 0 Å². The highest BCUT2D eigenvalue weighted by Gasteiger charge is 2.31. The standard InChI is InChI=1S/C19H13F6N3O/c20-18(21,22)14-3-1-2-13(10-14)16-17(27-9-8-26-16)28-11-12-4-6-15(7-5-12)29-19(23,24)25/h1-10H,11H2,(H,27,28). The second kappa shape index (κ2) is 7.98. The minimum atomic E-state index is -4.78. The fourth-order valence-electron chi connectivity index (χ4n) is 2.52. The molecule has 3 rings (SSSR count). The third kappa shape index (κ3) is 5.59. The van der Waals surface area contributed by atoms with Gasteiger partial charge in [0, 0.05) is 24.5 Å². The lowest BCUT2D eigenvalue weighted by Crippen LogP contribution is -2.17. The van der Waals surface area contributed by atoms with E-state index in [9.17, 15) is 26.3 Å². The van der Waals surface area contributed by atoms with Crippen LogP contribution < -0.4 is 10.1 Å². The normalized spacial score (nSPS) is 11.9. The number of rotatable bonds is 5. The van der Waals surface area contributed by atoms with Crippen LogP contribution in [0.15, 0.2) is 60.9 Å². The summed E-state index contributed by atoms with van der Waals surface area (Å²) < 4.78 is 79.3. The lowest BCUT2D eigenvalue weighted by atomic mass is 10.1. The number of anilines is 1. The highest BCUT2D eigenvalue weighted by Crippen LogP contribution is 2.33. The van der Waals surface area contributed by atoms with E-state index in [2.05, 4.69) is 20.0 Å². The number of aromatic nitrogens is 2. The van der Waals surface area contributed by atoms with Gasteiger partial charge in [-0.1, -0.05) is 24.3 Å². The van der Waals surface area contributed by atoms with Gasteiger partial charge < -0.3 is 10.1 Å². The number of nitrogens with one attached hydrogen (secondary N) is 1. The van der Waals surface area contributed by atoms with Gasteiger partial charge in [-0.05, 0) is 29.8 Å². The molecule has 0 aliphatic carbocycles. The summed E-state index contributed by atoms with van der Waals surface area (Å²) in [5.74, 6) is -0.118. The van der Waals surface area contributed by atoms with Crippen LogP contribution in [-0.2, 0) is 12.7 Å². The van der Waals surface area contributed by atoms with Gasteiger partial charge in [0.25, 0.3) is 0 Å². The fraction of sp³-hybridized carbons (Fsp3) is 0.158. The van der Waals surface area contributed by atoms with Gasteiger partial charge >= 0.3 is 12.5 Å². The zero-order valence-corrected chi connectivity index (χ0v) is 14.6. The van der Waals surface area contributed by atoms with Crippen LogP contribution in [0.5, 0.6) is 5.75 Å². The topological polar surface area (TPSA) is 47.0 Å². The van der Waals surface area contributed by atoms with Crippen molar-refractivity contribution in [3.05, 3.63) is 72.1 Å². The van der Waals surface area contributed by atoms with Crippen molar-refractivity contribution in [2.45, 2.75) is 19.1 Å². The first kappa shape index (κ1) is 20.4. The van der Waals surface area contributed by atoms with E-state index in [1.54, 1.807) is 0 Å². The zero-order valence-electron chi connectivity index (χ0n) is 14.6. The van der Waals surface area contributed by atoms with E-state index < -0.39 is 18.1 Å². The maximum absolute atomic E-state index is 13.0. The van der Waals surface area contributed by atoms with Gasteiger partial charge in [-0.15, -0.1) is 13.2 Å². The van der Waals surface area contributed by atoms with Crippen LogP contribution in [0.25, 0.3) is 11.3 Å². The Morgan fingerprint density at radius 2 is 1.55 bits per heavy atom. The van der Waals surface area contributed by atoms with Gasteiger partial charge in [0.1, 0.15) is 11.4 Å². The quantitative estimate of drug-likeness (QED) is 0.548. The first-order valence-corrected chi connectivity index (χ1v) is 8.19. The molecule has 10 heteroatoms. The third-order valence-electron chi connectivity index (χ3n) is 3.78. The van der Waals surface area contributed by atoms with E-state index in [0.717, 1.165) is 24.3 Å². The lowest BCUT2D eigenvalue weighted by molar-refractivity contribution is -0.274. The first-order chi connectivity index (χ1) is 13.6. The molecule has 152 valence electrons. The Kier molecular flexibility index (Phi) is 5.62. The van der Waals surface area contributed by atoms with E-state index in [-0.39, 0.29) is 29.4 Å². The molecule has 2 aromatic carbocycles. The van der Waals surface area contributed by atoms with Crippen LogP contribution in [0.3, 0.4) is 0 Å². The monoisotopic (exact) mass is 413 g/mol. The number of alkyl halides is 6. The summed E-state index contributed by atoms with van der Waals surface area (Å²) in [6, 6.07) is 9.85. The molecule has 0 bridgehead atoms. The van der Waals surface area contributed by atoms with Gasteiger partial charge in [-0.2, -0.15) is 13.2 Å². The van der Waals surface area contributed by atoms with Crippen molar-refractivity contribution < 1.29 is 31.1 Å². The van der Waals surface area contributed by atoms with Crippen LogP contribution in [0.1, 0.15) is 11.1 Å². The summed E-state index contributed by atoms with van der Waals surface area (Å²) >= 11 is 0. The molecule has 0 aliphatic heterocycles. The molecule has 0 atom stereocenters. The molecular formula is C19H13F6N3O. The smallest absolute Gasteiger partial charge is 0.406 e. The maximum Gasteiger partial charge on any atom is 0.573 e. The summed E-state index contributed by atoms with van der Waals surface area (Å²) in [5, 5.41) is 2.94. The van der Waals surface area contributed by atoms with E-state index in [4.69, 9.17) is 0 Å². The molecule has 29 heavy (non-hydrogen) atoms. The molecule has 1 N–H and O–H groups in total. The summed E-state index contributed by atoms with van der Waals surface area (Å²) in [4.78, 5) is 8.20. The maximum atomic E-state index is 13.0. The molecular weight excluding hydrogens is 400 g/mol. The third-order valence-corrected chi connectivity index (χ3v) is 3.78. The van der Waals surface area contributed by atoms with Crippen LogP contribution >= 0.6 is 0 Å². The van der Waals surface area contributed by atoms with Crippen molar-refractivity contribution in [2.24, 2.45) is 0 Å². The molecule has 0 aliphatic rings. The minimum absolute atomic E-state index is 0.164. The lowest BCUT2D eigenvalue weighted by Gasteiger charge is -2.13. The highest BCUT2D eigenvalue weighted by molar-refractivity contribution is 5.71. The predicted octanol–water partition coefficient (Wildman–Crippen LogP) is 5.67. The predicted molar refractivity (Wildman–Crippen MR) is 92.9 cm³/mol. The average molecular weight is 413 g/mol. The Labute approximate surface area is 161 Å². The minimum Gasteiger partial charge on any atom is -0.406 e. The van der Waals surface area contributed by atoms with E-state index in [1.807, 2.05) is 0 Å². The molecule has 1 aromatic heterocycles. The first-order valence-electron chi connectivity index (χ1n) is 8.19. The summed E-state index contributed by atoms with van der Waals surface area (Å²) in [7, 11) is 0. The molecule has 0 amide bonds.